The fourth-order valence-electron chi connectivity index (χ4n) is 3.22. The molecule has 0 atom stereocenters. The molecule has 1 aliphatic heterocycles. The van der Waals surface area contributed by atoms with Crippen LogP contribution in [0.15, 0.2) is 12.1 Å². The summed E-state index contributed by atoms with van der Waals surface area (Å²) < 4.78 is 5.94. The summed E-state index contributed by atoms with van der Waals surface area (Å²) in [6.45, 7) is 3.79. The van der Waals surface area contributed by atoms with Gasteiger partial charge in [-0.1, -0.05) is 30.9 Å². The van der Waals surface area contributed by atoms with E-state index in [1.165, 1.54) is 37.7 Å². The third kappa shape index (κ3) is 2.36. The number of hydrogen-bond donors (Lipinski definition) is 0. The number of halogens is 1. The van der Waals surface area contributed by atoms with Crippen LogP contribution in [-0.4, -0.2) is 17.7 Å². The van der Waals surface area contributed by atoms with Gasteiger partial charge in [-0.3, -0.25) is 4.90 Å². The fraction of sp³-hybridized carbons (Fsp3) is 0.600. The summed E-state index contributed by atoms with van der Waals surface area (Å²) >= 11 is 6.14. The highest BCUT2D eigenvalue weighted by Crippen LogP contribution is 2.34. The van der Waals surface area contributed by atoms with Crippen LogP contribution in [0.2, 0.25) is 5.02 Å². The van der Waals surface area contributed by atoms with Crippen molar-refractivity contribution in [1.29, 1.82) is 0 Å². The van der Waals surface area contributed by atoms with Gasteiger partial charge in [0.25, 0.3) is 0 Å². The zero-order valence-corrected chi connectivity index (χ0v) is 11.7. The zero-order chi connectivity index (χ0) is 12.5. The molecule has 98 valence electrons. The van der Waals surface area contributed by atoms with Crippen molar-refractivity contribution >= 4 is 11.6 Å². The first-order valence-corrected chi connectivity index (χ1v) is 7.28. The Morgan fingerprint density at radius 3 is 2.78 bits per heavy atom. The highest BCUT2D eigenvalue weighted by Gasteiger charge is 2.26. The lowest BCUT2D eigenvalue weighted by Crippen LogP contribution is -2.41. The van der Waals surface area contributed by atoms with Crippen LogP contribution < -0.4 is 4.74 Å². The molecule has 0 aromatic heterocycles. The van der Waals surface area contributed by atoms with Gasteiger partial charge >= 0.3 is 0 Å². The Morgan fingerprint density at radius 2 is 2.00 bits per heavy atom. The van der Waals surface area contributed by atoms with Crippen molar-refractivity contribution in [2.24, 2.45) is 0 Å². The Morgan fingerprint density at radius 1 is 1.22 bits per heavy atom. The predicted octanol–water partition coefficient (Wildman–Crippen LogP) is 4.13. The molecule has 1 aromatic rings. The molecule has 0 N–H and O–H groups in total. The SMILES string of the molecule is Cc1cc(Cl)cc2c1OCN(C1CCCCC1)C2. The average molecular weight is 266 g/mol. The summed E-state index contributed by atoms with van der Waals surface area (Å²) in [5.74, 6) is 1.05. The summed E-state index contributed by atoms with van der Waals surface area (Å²) in [4.78, 5) is 2.47. The van der Waals surface area contributed by atoms with Gasteiger partial charge in [0.1, 0.15) is 12.5 Å². The minimum Gasteiger partial charge on any atom is -0.478 e. The van der Waals surface area contributed by atoms with Crippen molar-refractivity contribution in [3.05, 3.63) is 28.3 Å². The van der Waals surface area contributed by atoms with Crippen molar-refractivity contribution in [2.45, 2.75) is 51.6 Å². The monoisotopic (exact) mass is 265 g/mol. The van der Waals surface area contributed by atoms with Gasteiger partial charge in [0, 0.05) is 23.2 Å². The normalized spacial score (nSPS) is 21.4. The zero-order valence-electron chi connectivity index (χ0n) is 10.9. The van der Waals surface area contributed by atoms with Crippen LogP contribution in [0.4, 0.5) is 0 Å². The third-order valence-corrected chi connectivity index (χ3v) is 4.37. The van der Waals surface area contributed by atoms with Gasteiger partial charge in [0.2, 0.25) is 0 Å². The van der Waals surface area contributed by atoms with Gasteiger partial charge in [0.15, 0.2) is 0 Å². The second-order valence-electron chi connectivity index (χ2n) is 5.52. The van der Waals surface area contributed by atoms with E-state index in [1.54, 1.807) is 0 Å². The summed E-state index contributed by atoms with van der Waals surface area (Å²) in [6.07, 6.45) is 6.76. The molecule has 3 rings (SSSR count). The van der Waals surface area contributed by atoms with Gasteiger partial charge in [-0.2, -0.15) is 0 Å². The van der Waals surface area contributed by atoms with E-state index in [0.717, 1.165) is 29.6 Å². The molecule has 0 bridgehead atoms. The first kappa shape index (κ1) is 12.3. The number of rotatable bonds is 1. The Kier molecular flexibility index (Phi) is 3.49. The van der Waals surface area contributed by atoms with Crippen LogP contribution in [-0.2, 0) is 6.54 Å². The Hall–Kier alpha value is -0.730. The minimum absolute atomic E-state index is 0.700. The first-order valence-electron chi connectivity index (χ1n) is 6.90. The number of ether oxygens (including phenoxy) is 1. The summed E-state index contributed by atoms with van der Waals surface area (Å²) in [6, 6.07) is 4.74. The van der Waals surface area contributed by atoms with Crippen molar-refractivity contribution in [3.63, 3.8) is 0 Å². The van der Waals surface area contributed by atoms with Gasteiger partial charge in [-0.05, 0) is 37.5 Å². The molecule has 1 aliphatic carbocycles. The molecular formula is C15H20ClNO. The second kappa shape index (κ2) is 5.10. The Balaban J connectivity index is 1.79. The second-order valence-corrected chi connectivity index (χ2v) is 5.96. The molecule has 0 unspecified atom stereocenters. The molecule has 2 aliphatic rings. The third-order valence-electron chi connectivity index (χ3n) is 4.16. The van der Waals surface area contributed by atoms with E-state index >= 15 is 0 Å². The molecule has 1 fully saturated rings. The quantitative estimate of drug-likeness (QED) is 0.757. The van der Waals surface area contributed by atoms with Crippen molar-refractivity contribution in [3.8, 4) is 5.75 Å². The number of fused-ring (bicyclic) bond motifs is 1. The molecule has 1 heterocycles. The standard InChI is InChI=1S/C15H20ClNO/c1-11-7-13(16)8-12-9-17(10-18-15(11)12)14-5-3-2-4-6-14/h7-8,14H,2-6,9-10H2,1H3. The highest BCUT2D eigenvalue weighted by molar-refractivity contribution is 6.30. The van der Waals surface area contributed by atoms with E-state index < -0.39 is 0 Å². The van der Waals surface area contributed by atoms with E-state index in [0.29, 0.717) is 6.04 Å². The molecule has 0 radical (unpaired) electrons. The van der Waals surface area contributed by atoms with E-state index in [-0.39, 0.29) is 0 Å². The molecule has 1 aromatic carbocycles. The van der Waals surface area contributed by atoms with Crippen molar-refractivity contribution in [1.82, 2.24) is 4.90 Å². The molecule has 3 heteroatoms. The van der Waals surface area contributed by atoms with Gasteiger partial charge in [-0.15, -0.1) is 0 Å². The molecular weight excluding hydrogens is 246 g/mol. The molecule has 0 saturated heterocycles. The lowest BCUT2D eigenvalue weighted by molar-refractivity contribution is 0.0398. The Labute approximate surface area is 114 Å². The van der Waals surface area contributed by atoms with E-state index in [1.807, 2.05) is 6.07 Å². The lowest BCUT2D eigenvalue weighted by Gasteiger charge is -2.37. The molecule has 0 amide bonds. The predicted molar refractivity (Wildman–Crippen MR) is 74.1 cm³/mol. The molecule has 0 spiro atoms. The molecule has 18 heavy (non-hydrogen) atoms. The van der Waals surface area contributed by atoms with E-state index in [2.05, 4.69) is 17.9 Å². The van der Waals surface area contributed by atoms with Gasteiger partial charge in [-0.25, -0.2) is 0 Å². The summed E-state index contributed by atoms with van der Waals surface area (Å²) in [5.41, 5.74) is 2.40. The largest absolute Gasteiger partial charge is 0.478 e. The maximum absolute atomic E-state index is 6.14. The average Bonchev–Trinajstić information content (AvgIpc) is 2.39. The number of hydrogen-bond acceptors (Lipinski definition) is 2. The van der Waals surface area contributed by atoms with Crippen molar-refractivity contribution in [2.75, 3.05) is 6.73 Å². The molecule has 2 nitrogen and oxygen atoms in total. The number of nitrogens with zero attached hydrogens (tertiary/aromatic N) is 1. The molecule has 1 saturated carbocycles. The maximum atomic E-state index is 6.14. The van der Waals surface area contributed by atoms with Crippen LogP contribution in [0, 0.1) is 6.92 Å². The first-order chi connectivity index (χ1) is 8.74. The summed E-state index contributed by atoms with van der Waals surface area (Å²) in [5, 5.41) is 0.820. The van der Waals surface area contributed by atoms with Gasteiger partial charge in [0.05, 0.1) is 0 Å². The van der Waals surface area contributed by atoms with Crippen molar-refractivity contribution < 1.29 is 4.74 Å². The minimum atomic E-state index is 0.700. The number of benzene rings is 1. The van der Waals surface area contributed by atoms with Crippen LogP contribution in [0.1, 0.15) is 43.2 Å². The van der Waals surface area contributed by atoms with E-state index in [9.17, 15) is 0 Å². The van der Waals surface area contributed by atoms with E-state index in [4.69, 9.17) is 16.3 Å². The van der Waals surface area contributed by atoms with Crippen LogP contribution in [0.3, 0.4) is 0 Å². The van der Waals surface area contributed by atoms with Crippen LogP contribution in [0.5, 0.6) is 5.75 Å². The van der Waals surface area contributed by atoms with Crippen LogP contribution >= 0.6 is 11.6 Å². The topological polar surface area (TPSA) is 12.5 Å². The smallest absolute Gasteiger partial charge is 0.142 e. The maximum Gasteiger partial charge on any atom is 0.142 e. The number of aryl methyl sites for hydroxylation is 1. The lowest BCUT2D eigenvalue weighted by atomic mass is 9.93. The highest BCUT2D eigenvalue weighted by atomic mass is 35.5. The Bertz CT molecular complexity index is 440. The van der Waals surface area contributed by atoms with Crippen LogP contribution in [0.25, 0.3) is 0 Å². The van der Waals surface area contributed by atoms with Gasteiger partial charge < -0.3 is 4.74 Å². The summed E-state index contributed by atoms with van der Waals surface area (Å²) in [7, 11) is 0. The fourth-order valence-corrected chi connectivity index (χ4v) is 3.51.